The van der Waals surface area contributed by atoms with Crippen LogP contribution < -0.4 is 0 Å². The molecular weight excluding hydrogens is 126 g/mol. The molecular formula is C5H12ClNO. The molecule has 50 valence electrons. The van der Waals surface area contributed by atoms with Crippen molar-refractivity contribution in [3.63, 3.8) is 0 Å². The van der Waals surface area contributed by atoms with Gasteiger partial charge in [-0.05, 0) is 6.92 Å². The highest BCUT2D eigenvalue weighted by atomic mass is 35.5. The fraction of sp³-hybridized carbons (Fsp3) is 1.00. The molecule has 0 heterocycles. The van der Waals surface area contributed by atoms with Gasteiger partial charge in [-0.2, -0.15) is 0 Å². The first kappa shape index (κ1) is 8.21. The third-order valence-corrected chi connectivity index (χ3v) is 1.40. The van der Waals surface area contributed by atoms with Crippen LogP contribution in [0.2, 0.25) is 0 Å². The molecule has 3 heteroatoms. The first-order valence-electron chi connectivity index (χ1n) is 2.74. The van der Waals surface area contributed by atoms with Crippen LogP contribution in [0.15, 0.2) is 0 Å². The van der Waals surface area contributed by atoms with E-state index >= 15 is 0 Å². The zero-order valence-electron chi connectivity index (χ0n) is 5.35. The lowest BCUT2D eigenvalue weighted by Gasteiger charge is -2.36. The van der Waals surface area contributed by atoms with E-state index in [1.807, 2.05) is 6.92 Å². The molecule has 0 aliphatic rings. The second-order valence-electron chi connectivity index (χ2n) is 2.03. The fourth-order valence-electron chi connectivity index (χ4n) is 0.337. The molecule has 2 nitrogen and oxygen atoms in total. The topological polar surface area (TPSA) is 23.1 Å². The highest BCUT2D eigenvalue weighted by molar-refractivity contribution is 6.17. The van der Waals surface area contributed by atoms with Crippen molar-refractivity contribution in [1.82, 2.24) is 0 Å². The van der Waals surface area contributed by atoms with E-state index in [0.717, 1.165) is 0 Å². The summed E-state index contributed by atoms with van der Waals surface area (Å²) in [6.07, 6.45) is 0. The number of halogens is 1. The summed E-state index contributed by atoms with van der Waals surface area (Å²) in [5.74, 6) is 0.452. The molecule has 1 atom stereocenters. The minimum atomic E-state index is -0.219. The second-order valence-corrected chi connectivity index (χ2v) is 2.40. The maximum absolute atomic E-state index is 10.9. The number of alkyl halides is 1. The van der Waals surface area contributed by atoms with E-state index in [9.17, 15) is 5.21 Å². The third-order valence-electron chi connectivity index (χ3n) is 1.23. The molecule has 1 unspecified atom stereocenters. The van der Waals surface area contributed by atoms with E-state index < -0.39 is 0 Å². The monoisotopic (exact) mass is 137 g/mol. The van der Waals surface area contributed by atoms with Crippen molar-refractivity contribution in [2.45, 2.75) is 6.92 Å². The quantitative estimate of drug-likeness (QED) is 0.326. The van der Waals surface area contributed by atoms with Crippen molar-refractivity contribution >= 4 is 11.6 Å². The Kier molecular flexibility index (Phi) is 3.36. The molecule has 0 rings (SSSR count). The Morgan fingerprint density at radius 2 is 2.12 bits per heavy atom. The molecule has 0 radical (unpaired) electrons. The number of quaternary nitrogens is 1. The Hall–Kier alpha value is 0.210. The Morgan fingerprint density at radius 3 is 2.25 bits per heavy atom. The molecule has 0 spiro atoms. The number of hydrogen-bond acceptors (Lipinski definition) is 1. The maximum atomic E-state index is 10.9. The molecule has 0 fully saturated rings. The summed E-state index contributed by atoms with van der Waals surface area (Å²) >= 11 is 5.35. The predicted molar refractivity (Wildman–Crippen MR) is 35.7 cm³/mol. The molecule has 0 aliphatic carbocycles. The lowest BCUT2D eigenvalue weighted by molar-refractivity contribution is -0.856. The van der Waals surface area contributed by atoms with Gasteiger partial charge in [-0.25, -0.2) is 0 Å². The van der Waals surface area contributed by atoms with Gasteiger partial charge >= 0.3 is 0 Å². The molecule has 0 N–H and O–H groups in total. The summed E-state index contributed by atoms with van der Waals surface area (Å²) in [6.45, 7) is 2.98. The van der Waals surface area contributed by atoms with Crippen molar-refractivity contribution in [1.29, 1.82) is 0 Å². The average molecular weight is 138 g/mol. The Labute approximate surface area is 55.2 Å². The summed E-state index contributed by atoms with van der Waals surface area (Å²) < 4.78 is -0.219. The second kappa shape index (κ2) is 3.28. The lowest BCUT2D eigenvalue weighted by atomic mass is 10.5. The van der Waals surface area contributed by atoms with Gasteiger partial charge in [0.15, 0.2) is 0 Å². The fourth-order valence-corrected chi connectivity index (χ4v) is 0.694. The Bertz CT molecular complexity index is 65.4. The first-order chi connectivity index (χ1) is 3.62. The van der Waals surface area contributed by atoms with Crippen LogP contribution in [0.3, 0.4) is 0 Å². The maximum Gasteiger partial charge on any atom is 0.0919 e. The number of nitrogens with zero attached hydrogens (tertiary/aromatic N) is 1. The van der Waals surface area contributed by atoms with Crippen LogP contribution in [0.5, 0.6) is 0 Å². The normalized spacial score (nSPS) is 18.0. The van der Waals surface area contributed by atoms with E-state index in [1.165, 1.54) is 0 Å². The molecule has 0 saturated carbocycles. The van der Waals surface area contributed by atoms with Gasteiger partial charge in [0.2, 0.25) is 0 Å². The predicted octanol–water partition coefficient (Wildman–Crippen LogP) is 1.19. The van der Waals surface area contributed by atoms with Crippen molar-refractivity contribution in [2.24, 2.45) is 0 Å². The van der Waals surface area contributed by atoms with Crippen LogP contribution in [0.25, 0.3) is 0 Å². The van der Waals surface area contributed by atoms with Gasteiger partial charge in [-0.3, -0.25) is 0 Å². The van der Waals surface area contributed by atoms with E-state index in [0.29, 0.717) is 19.0 Å². The van der Waals surface area contributed by atoms with Crippen LogP contribution >= 0.6 is 11.6 Å². The van der Waals surface area contributed by atoms with Gasteiger partial charge in [0.25, 0.3) is 0 Å². The highest BCUT2D eigenvalue weighted by Crippen LogP contribution is 1.96. The summed E-state index contributed by atoms with van der Waals surface area (Å²) in [5.41, 5.74) is 0. The lowest BCUT2D eigenvalue weighted by Crippen LogP contribution is -2.38. The van der Waals surface area contributed by atoms with Gasteiger partial charge in [-0.15, -0.1) is 11.6 Å². The number of rotatable bonds is 3. The SMILES string of the molecule is CC[N+](C)([O-])CCCl. The summed E-state index contributed by atoms with van der Waals surface area (Å²) in [5, 5.41) is 10.9. The molecule has 0 aromatic carbocycles. The minimum absolute atomic E-state index is 0.219. The van der Waals surface area contributed by atoms with Crippen LogP contribution in [-0.4, -0.2) is 30.7 Å². The largest absolute Gasteiger partial charge is 0.633 e. The zero-order chi connectivity index (χ0) is 6.62. The highest BCUT2D eigenvalue weighted by Gasteiger charge is 2.02. The molecule has 8 heavy (non-hydrogen) atoms. The third kappa shape index (κ3) is 3.24. The van der Waals surface area contributed by atoms with Gasteiger partial charge in [0.05, 0.1) is 26.0 Å². The molecule has 0 bridgehead atoms. The van der Waals surface area contributed by atoms with Gasteiger partial charge < -0.3 is 9.85 Å². The van der Waals surface area contributed by atoms with Gasteiger partial charge in [0.1, 0.15) is 0 Å². The van der Waals surface area contributed by atoms with Crippen molar-refractivity contribution in [3.05, 3.63) is 5.21 Å². The van der Waals surface area contributed by atoms with E-state index in [1.54, 1.807) is 7.05 Å². The average Bonchev–Trinajstić information content (AvgIpc) is 1.67. The smallest absolute Gasteiger partial charge is 0.0919 e. The number of hydrogen-bond donors (Lipinski definition) is 0. The summed E-state index contributed by atoms with van der Waals surface area (Å²) in [7, 11) is 1.63. The van der Waals surface area contributed by atoms with Crippen molar-refractivity contribution < 1.29 is 4.65 Å². The van der Waals surface area contributed by atoms with Crippen LogP contribution in [0.1, 0.15) is 6.92 Å². The number of hydroxylamine groups is 3. The molecule has 0 aliphatic heterocycles. The van der Waals surface area contributed by atoms with E-state index in [-0.39, 0.29) is 4.65 Å². The van der Waals surface area contributed by atoms with Crippen molar-refractivity contribution in [2.75, 3.05) is 26.0 Å². The minimum Gasteiger partial charge on any atom is -0.633 e. The zero-order valence-corrected chi connectivity index (χ0v) is 6.11. The molecule has 0 amide bonds. The summed E-state index contributed by atoms with van der Waals surface area (Å²) in [4.78, 5) is 0. The molecule has 0 aromatic rings. The van der Waals surface area contributed by atoms with Crippen LogP contribution in [-0.2, 0) is 0 Å². The molecule has 0 saturated heterocycles. The van der Waals surface area contributed by atoms with E-state index in [2.05, 4.69) is 0 Å². The molecule has 0 aromatic heterocycles. The van der Waals surface area contributed by atoms with Gasteiger partial charge in [0, 0.05) is 0 Å². The van der Waals surface area contributed by atoms with Crippen LogP contribution in [0.4, 0.5) is 0 Å². The van der Waals surface area contributed by atoms with Gasteiger partial charge in [-0.1, -0.05) is 0 Å². The van der Waals surface area contributed by atoms with Crippen LogP contribution in [0, 0.1) is 5.21 Å². The first-order valence-corrected chi connectivity index (χ1v) is 3.27. The van der Waals surface area contributed by atoms with E-state index in [4.69, 9.17) is 11.6 Å². The Balaban J connectivity index is 3.37. The van der Waals surface area contributed by atoms with Crippen molar-refractivity contribution in [3.8, 4) is 0 Å². The summed E-state index contributed by atoms with van der Waals surface area (Å²) in [6, 6.07) is 0. The standard InChI is InChI=1S/C5H12ClNO/c1-3-7(2,8)5-4-6/h3-5H2,1-2H3. The Morgan fingerprint density at radius 1 is 1.62 bits per heavy atom.